The number of hydrogen-bond donors (Lipinski definition) is 1. The molecule has 1 amide bonds. The topological polar surface area (TPSA) is 41.6 Å². The van der Waals surface area contributed by atoms with E-state index in [2.05, 4.69) is 5.32 Å². The van der Waals surface area contributed by atoms with Crippen LogP contribution in [0.2, 0.25) is 0 Å². The highest BCUT2D eigenvalue weighted by Crippen LogP contribution is 2.35. The highest BCUT2D eigenvalue weighted by molar-refractivity contribution is 5.71. The molecule has 2 atom stereocenters. The lowest BCUT2D eigenvalue weighted by atomic mass is 9.91. The van der Waals surface area contributed by atoms with Crippen LogP contribution in [0.3, 0.4) is 0 Å². The van der Waals surface area contributed by atoms with Crippen molar-refractivity contribution in [2.24, 2.45) is 5.92 Å². The SMILES string of the molecule is O=C1OCC(C2CCCNC2)N1C1CC1. The summed E-state index contributed by atoms with van der Waals surface area (Å²) in [7, 11) is 0. The molecule has 1 aliphatic carbocycles. The number of nitrogens with zero attached hydrogens (tertiary/aromatic N) is 1. The third kappa shape index (κ3) is 1.71. The normalized spacial score (nSPS) is 36.8. The number of carbonyl (C=O) groups is 1. The molecule has 0 bridgehead atoms. The summed E-state index contributed by atoms with van der Waals surface area (Å²) in [5, 5.41) is 3.41. The molecule has 0 radical (unpaired) electrons. The first-order chi connectivity index (χ1) is 7.36. The highest BCUT2D eigenvalue weighted by atomic mass is 16.6. The van der Waals surface area contributed by atoms with E-state index in [1.165, 1.54) is 25.7 Å². The molecule has 2 saturated heterocycles. The van der Waals surface area contributed by atoms with Crippen LogP contribution in [0, 0.1) is 5.92 Å². The fourth-order valence-corrected chi connectivity index (χ4v) is 2.79. The van der Waals surface area contributed by atoms with Gasteiger partial charge in [-0.25, -0.2) is 4.79 Å². The minimum atomic E-state index is -0.0759. The smallest absolute Gasteiger partial charge is 0.410 e. The fraction of sp³-hybridized carbons (Fsp3) is 0.909. The van der Waals surface area contributed by atoms with Crippen LogP contribution in [-0.4, -0.2) is 42.8 Å². The Kier molecular flexibility index (Phi) is 2.31. The maximum Gasteiger partial charge on any atom is 0.410 e. The summed E-state index contributed by atoms with van der Waals surface area (Å²) in [5.41, 5.74) is 0. The Morgan fingerprint density at radius 2 is 2.20 bits per heavy atom. The number of rotatable bonds is 2. The Hall–Kier alpha value is -0.770. The van der Waals surface area contributed by atoms with Crippen LogP contribution in [0.25, 0.3) is 0 Å². The summed E-state index contributed by atoms with van der Waals surface area (Å²) in [6.45, 7) is 2.79. The van der Waals surface area contributed by atoms with Crippen LogP contribution >= 0.6 is 0 Å². The van der Waals surface area contributed by atoms with Crippen molar-refractivity contribution in [2.45, 2.75) is 37.8 Å². The molecule has 1 N–H and O–H groups in total. The van der Waals surface area contributed by atoms with Crippen LogP contribution in [0.15, 0.2) is 0 Å². The first-order valence-corrected chi connectivity index (χ1v) is 6.02. The van der Waals surface area contributed by atoms with Crippen LogP contribution < -0.4 is 5.32 Å². The van der Waals surface area contributed by atoms with Crippen LogP contribution in [0.4, 0.5) is 4.79 Å². The fourth-order valence-electron chi connectivity index (χ4n) is 2.79. The predicted molar refractivity (Wildman–Crippen MR) is 55.6 cm³/mol. The molecule has 0 aromatic rings. The summed E-state index contributed by atoms with van der Waals surface area (Å²) in [5.74, 6) is 0.603. The van der Waals surface area contributed by atoms with Gasteiger partial charge in [-0.3, -0.25) is 4.90 Å². The number of nitrogens with one attached hydrogen (secondary N) is 1. The molecule has 84 valence electrons. The van der Waals surface area contributed by atoms with E-state index in [-0.39, 0.29) is 6.09 Å². The second-order valence-electron chi connectivity index (χ2n) is 4.89. The minimum absolute atomic E-state index is 0.0759. The molecule has 4 nitrogen and oxygen atoms in total. The summed E-state index contributed by atoms with van der Waals surface area (Å²) in [6.07, 6.45) is 4.73. The van der Waals surface area contributed by atoms with Gasteiger partial charge in [0.15, 0.2) is 0 Å². The van der Waals surface area contributed by atoms with E-state index in [4.69, 9.17) is 4.74 Å². The molecular formula is C11H18N2O2. The van der Waals surface area contributed by atoms with Crippen molar-refractivity contribution < 1.29 is 9.53 Å². The van der Waals surface area contributed by atoms with Gasteiger partial charge in [-0.05, 0) is 38.1 Å². The van der Waals surface area contributed by atoms with Crippen molar-refractivity contribution in [3.8, 4) is 0 Å². The molecule has 3 rings (SSSR count). The first-order valence-electron chi connectivity index (χ1n) is 6.02. The molecule has 3 fully saturated rings. The Balaban J connectivity index is 1.70. The zero-order valence-corrected chi connectivity index (χ0v) is 8.95. The lowest BCUT2D eigenvalue weighted by Gasteiger charge is -2.32. The molecule has 2 unspecified atom stereocenters. The van der Waals surface area contributed by atoms with Gasteiger partial charge in [0.25, 0.3) is 0 Å². The van der Waals surface area contributed by atoms with E-state index in [0.717, 1.165) is 13.1 Å². The van der Waals surface area contributed by atoms with Crippen molar-refractivity contribution in [3.05, 3.63) is 0 Å². The van der Waals surface area contributed by atoms with Gasteiger partial charge in [0.2, 0.25) is 0 Å². The monoisotopic (exact) mass is 210 g/mol. The van der Waals surface area contributed by atoms with Gasteiger partial charge in [-0.2, -0.15) is 0 Å². The van der Waals surface area contributed by atoms with Gasteiger partial charge < -0.3 is 10.1 Å². The van der Waals surface area contributed by atoms with Gasteiger partial charge in [-0.15, -0.1) is 0 Å². The number of piperidine rings is 1. The van der Waals surface area contributed by atoms with E-state index in [1.54, 1.807) is 0 Å². The van der Waals surface area contributed by atoms with Crippen molar-refractivity contribution in [1.82, 2.24) is 10.2 Å². The largest absolute Gasteiger partial charge is 0.447 e. The van der Waals surface area contributed by atoms with Gasteiger partial charge >= 0.3 is 6.09 Å². The third-order valence-corrected chi connectivity index (χ3v) is 3.77. The zero-order valence-electron chi connectivity index (χ0n) is 8.95. The summed E-state index contributed by atoms with van der Waals surface area (Å²) < 4.78 is 5.19. The van der Waals surface area contributed by atoms with Crippen molar-refractivity contribution in [2.75, 3.05) is 19.7 Å². The van der Waals surface area contributed by atoms with E-state index >= 15 is 0 Å². The lowest BCUT2D eigenvalue weighted by Crippen LogP contribution is -2.46. The van der Waals surface area contributed by atoms with Crippen LogP contribution in [0.5, 0.6) is 0 Å². The predicted octanol–water partition coefficient (Wildman–Crippen LogP) is 0.969. The van der Waals surface area contributed by atoms with E-state index in [0.29, 0.717) is 24.6 Å². The molecule has 0 aromatic carbocycles. The average Bonchev–Trinajstić information content (AvgIpc) is 3.03. The number of cyclic esters (lactones) is 1. The van der Waals surface area contributed by atoms with Crippen LogP contribution in [-0.2, 0) is 4.74 Å². The Morgan fingerprint density at radius 1 is 1.33 bits per heavy atom. The van der Waals surface area contributed by atoms with E-state index < -0.39 is 0 Å². The molecule has 1 saturated carbocycles. The number of hydrogen-bond acceptors (Lipinski definition) is 3. The molecule has 15 heavy (non-hydrogen) atoms. The third-order valence-electron chi connectivity index (χ3n) is 3.77. The molecule has 2 heterocycles. The van der Waals surface area contributed by atoms with Crippen molar-refractivity contribution in [3.63, 3.8) is 0 Å². The summed E-state index contributed by atoms with van der Waals surface area (Å²) in [6, 6.07) is 0.838. The van der Waals surface area contributed by atoms with E-state index in [1.807, 2.05) is 4.90 Å². The second-order valence-corrected chi connectivity index (χ2v) is 4.89. The van der Waals surface area contributed by atoms with Gasteiger partial charge in [0, 0.05) is 12.6 Å². The molecule has 0 spiro atoms. The quantitative estimate of drug-likeness (QED) is 0.738. The molecule has 4 heteroatoms. The maximum atomic E-state index is 11.6. The average molecular weight is 210 g/mol. The van der Waals surface area contributed by atoms with Gasteiger partial charge in [0.05, 0.1) is 6.04 Å². The minimum Gasteiger partial charge on any atom is -0.447 e. The first kappa shape index (κ1) is 9.46. The lowest BCUT2D eigenvalue weighted by molar-refractivity contribution is 0.151. The maximum absolute atomic E-state index is 11.6. The zero-order chi connectivity index (χ0) is 10.3. The summed E-state index contributed by atoms with van der Waals surface area (Å²) >= 11 is 0. The van der Waals surface area contributed by atoms with Crippen LogP contribution in [0.1, 0.15) is 25.7 Å². The highest BCUT2D eigenvalue weighted by Gasteiger charge is 2.45. The molecule has 2 aliphatic heterocycles. The van der Waals surface area contributed by atoms with Crippen molar-refractivity contribution in [1.29, 1.82) is 0 Å². The summed E-state index contributed by atoms with van der Waals surface area (Å²) in [4.78, 5) is 13.6. The number of amides is 1. The second kappa shape index (κ2) is 3.67. The van der Waals surface area contributed by atoms with Gasteiger partial charge in [-0.1, -0.05) is 0 Å². The number of carbonyl (C=O) groups excluding carboxylic acids is 1. The van der Waals surface area contributed by atoms with Gasteiger partial charge in [0.1, 0.15) is 6.61 Å². The Morgan fingerprint density at radius 3 is 2.87 bits per heavy atom. The standard InChI is InChI=1S/C11H18N2O2/c14-11-13(9-3-4-9)10(7-15-11)8-2-1-5-12-6-8/h8-10,12H,1-7H2. The molecule has 0 aromatic heterocycles. The molecule has 3 aliphatic rings. The Labute approximate surface area is 90.0 Å². The van der Waals surface area contributed by atoms with E-state index in [9.17, 15) is 4.79 Å². The van der Waals surface area contributed by atoms with Crippen molar-refractivity contribution >= 4 is 6.09 Å². The molecular weight excluding hydrogens is 192 g/mol. The number of ether oxygens (including phenoxy) is 1. The Bertz CT molecular complexity index is 259.